The molecule has 3 aromatic heterocycles. The van der Waals surface area contributed by atoms with E-state index in [-0.39, 0.29) is 23.7 Å². The van der Waals surface area contributed by atoms with Crippen LogP contribution in [-0.4, -0.2) is 67.4 Å². The molecule has 0 aliphatic carbocycles. The van der Waals surface area contributed by atoms with Crippen LogP contribution in [0, 0.1) is 11.7 Å². The molecule has 2 aromatic carbocycles. The number of H-pyrrole nitrogens is 1. The number of amides is 1. The van der Waals surface area contributed by atoms with Gasteiger partial charge in [-0.15, -0.1) is 0 Å². The summed E-state index contributed by atoms with van der Waals surface area (Å²) >= 11 is 0. The van der Waals surface area contributed by atoms with Gasteiger partial charge in [-0.05, 0) is 65.4 Å². The molecule has 1 amide bonds. The molecular weight excluding hydrogens is 595 g/mol. The lowest BCUT2D eigenvalue weighted by molar-refractivity contribution is -0.118. The second kappa shape index (κ2) is 13.1. The number of aliphatic imine (C=N–C) groups is 1. The van der Waals surface area contributed by atoms with Crippen LogP contribution in [0.4, 0.5) is 10.1 Å². The zero-order chi connectivity index (χ0) is 32.5. The van der Waals surface area contributed by atoms with Crippen LogP contribution < -0.4 is 10.6 Å². The number of nitrogens with zero attached hydrogens (tertiary/aromatic N) is 5. The van der Waals surface area contributed by atoms with Crippen LogP contribution in [0.1, 0.15) is 49.2 Å². The number of carbonyl (C=O) groups excluding carboxylic acids is 1. The summed E-state index contributed by atoms with van der Waals surface area (Å²) in [6.07, 6.45) is 8.07. The minimum Gasteiger partial charge on any atom is -0.393 e. The summed E-state index contributed by atoms with van der Waals surface area (Å²) in [5.41, 5.74) is 8.85. The normalized spacial score (nSPS) is 15.8. The Labute approximate surface area is 272 Å². The molecule has 0 radical (unpaired) electrons. The van der Waals surface area contributed by atoms with Crippen molar-refractivity contribution in [1.82, 2.24) is 30.2 Å². The number of likely N-dealkylation sites (tertiary alicyclic amines) is 1. The summed E-state index contributed by atoms with van der Waals surface area (Å²) in [6, 6.07) is 13.2. The van der Waals surface area contributed by atoms with Gasteiger partial charge in [0.05, 0.1) is 41.9 Å². The molecule has 0 saturated carbocycles. The van der Waals surface area contributed by atoms with E-state index in [9.17, 15) is 14.3 Å². The Hall–Kier alpha value is -4.84. The Bertz CT molecular complexity index is 1980. The van der Waals surface area contributed by atoms with Crippen molar-refractivity contribution < 1.29 is 14.3 Å². The maximum atomic E-state index is 15.0. The number of halogens is 1. The van der Waals surface area contributed by atoms with E-state index >= 15 is 0 Å². The SMILES string of the molecule is CC(C)C(=O)Nc1cncc(-c2ccc3c(c2)C(c2nc4c(-c5cc(F)cc(CN6CCC(O)CC6)c5)cncc4[nH]2)=NCNC3)c1. The molecule has 5 aromatic rings. The number of hydrogen-bond donors (Lipinski definition) is 4. The minimum atomic E-state index is -0.315. The summed E-state index contributed by atoms with van der Waals surface area (Å²) in [6.45, 7) is 6.93. The van der Waals surface area contributed by atoms with E-state index < -0.39 is 0 Å². The van der Waals surface area contributed by atoms with Gasteiger partial charge in [0.25, 0.3) is 0 Å². The van der Waals surface area contributed by atoms with Gasteiger partial charge < -0.3 is 15.4 Å². The third-order valence-corrected chi connectivity index (χ3v) is 8.74. The third kappa shape index (κ3) is 6.69. The predicted octanol–water partition coefficient (Wildman–Crippen LogP) is 5.28. The Morgan fingerprint density at radius 1 is 1.00 bits per heavy atom. The van der Waals surface area contributed by atoms with Crippen LogP contribution in [0.3, 0.4) is 0 Å². The zero-order valence-electron chi connectivity index (χ0n) is 26.4. The topological polar surface area (TPSA) is 131 Å². The van der Waals surface area contributed by atoms with Crippen molar-refractivity contribution in [2.45, 2.75) is 45.9 Å². The van der Waals surface area contributed by atoms with Crippen LogP contribution in [0.25, 0.3) is 33.3 Å². The van der Waals surface area contributed by atoms with E-state index in [4.69, 9.17) is 9.98 Å². The number of fused-ring (bicyclic) bond motifs is 2. The van der Waals surface area contributed by atoms with E-state index in [2.05, 4.69) is 42.6 Å². The first kappa shape index (κ1) is 30.8. The standard InChI is InChI=1S/C36H37FN8O2/c1-21(2)36(47)42-28-12-26(15-38-16-28)23-3-4-24-14-40-20-41-34(30(24)13-23)35-43-32-18-39-17-31(33(32)44-35)25-9-22(10-27(37)11-25)19-45-7-5-29(46)6-8-45/h3-4,9-13,15-18,21,29,40,46H,5-8,14,19-20H2,1-2H3,(H,42,47)(H,43,44). The molecule has 2 aliphatic rings. The fourth-order valence-corrected chi connectivity index (χ4v) is 6.19. The summed E-state index contributed by atoms with van der Waals surface area (Å²) in [4.78, 5) is 36.7. The fraction of sp³-hybridized carbons (Fsp3) is 0.306. The second-order valence-corrected chi connectivity index (χ2v) is 12.6. The summed E-state index contributed by atoms with van der Waals surface area (Å²) in [7, 11) is 0. The number of aromatic nitrogens is 4. The van der Waals surface area contributed by atoms with Crippen molar-refractivity contribution in [3.63, 3.8) is 0 Å². The highest BCUT2D eigenvalue weighted by atomic mass is 19.1. The summed E-state index contributed by atoms with van der Waals surface area (Å²) < 4.78 is 15.0. The van der Waals surface area contributed by atoms with Crippen LogP contribution in [-0.2, 0) is 17.9 Å². The molecule has 4 N–H and O–H groups in total. The zero-order valence-corrected chi connectivity index (χ0v) is 26.4. The van der Waals surface area contributed by atoms with Crippen molar-refractivity contribution in [2.24, 2.45) is 10.9 Å². The van der Waals surface area contributed by atoms with Crippen LogP contribution in [0.15, 0.2) is 72.2 Å². The number of aliphatic hydroxyl groups is 1. The summed E-state index contributed by atoms with van der Waals surface area (Å²) in [5.74, 6) is 0.0684. The van der Waals surface area contributed by atoms with Gasteiger partial charge in [0.2, 0.25) is 5.91 Å². The van der Waals surface area contributed by atoms with Crippen molar-refractivity contribution in [3.8, 4) is 22.3 Å². The molecule has 0 atom stereocenters. The minimum absolute atomic E-state index is 0.0673. The number of benzene rings is 2. The van der Waals surface area contributed by atoms with E-state index in [0.29, 0.717) is 48.1 Å². The highest BCUT2D eigenvalue weighted by Gasteiger charge is 2.22. The first-order valence-electron chi connectivity index (χ1n) is 16.0. The number of rotatable bonds is 7. The highest BCUT2D eigenvalue weighted by molar-refractivity contribution is 6.14. The summed E-state index contributed by atoms with van der Waals surface area (Å²) in [5, 5.41) is 16.2. The number of nitrogens with one attached hydrogen (secondary N) is 3. The van der Waals surface area contributed by atoms with E-state index in [1.165, 1.54) is 6.07 Å². The number of carbonyl (C=O) groups is 1. The largest absolute Gasteiger partial charge is 0.393 e. The van der Waals surface area contributed by atoms with Gasteiger partial charge in [0, 0.05) is 61.2 Å². The highest BCUT2D eigenvalue weighted by Crippen LogP contribution is 2.31. The number of hydrogen-bond acceptors (Lipinski definition) is 8. The van der Waals surface area contributed by atoms with Gasteiger partial charge in [-0.2, -0.15) is 0 Å². The first-order valence-corrected chi connectivity index (χ1v) is 16.0. The van der Waals surface area contributed by atoms with Gasteiger partial charge in [0.1, 0.15) is 11.5 Å². The maximum Gasteiger partial charge on any atom is 0.226 e. The van der Waals surface area contributed by atoms with Crippen molar-refractivity contribution in [3.05, 3.63) is 95.6 Å². The molecule has 0 unspecified atom stereocenters. The molecule has 7 rings (SSSR count). The average molecular weight is 633 g/mol. The Morgan fingerprint density at radius 3 is 2.66 bits per heavy atom. The fourth-order valence-electron chi connectivity index (χ4n) is 6.19. The monoisotopic (exact) mass is 632 g/mol. The molecule has 47 heavy (non-hydrogen) atoms. The van der Waals surface area contributed by atoms with Crippen LogP contribution in [0.5, 0.6) is 0 Å². The van der Waals surface area contributed by atoms with Gasteiger partial charge in [0.15, 0.2) is 5.82 Å². The van der Waals surface area contributed by atoms with Crippen molar-refractivity contribution in [1.29, 1.82) is 0 Å². The molecule has 2 aliphatic heterocycles. The van der Waals surface area contributed by atoms with E-state index in [0.717, 1.165) is 64.8 Å². The molecule has 1 saturated heterocycles. The van der Waals surface area contributed by atoms with E-state index in [1.807, 2.05) is 32.0 Å². The van der Waals surface area contributed by atoms with Crippen molar-refractivity contribution >= 4 is 28.3 Å². The number of aromatic amines is 1. The van der Waals surface area contributed by atoms with Gasteiger partial charge in [-0.3, -0.25) is 30.0 Å². The molecule has 5 heterocycles. The average Bonchev–Trinajstić information content (AvgIpc) is 3.39. The predicted molar refractivity (Wildman–Crippen MR) is 180 cm³/mol. The maximum absolute atomic E-state index is 15.0. The quantitative estimate of drug-likeness (QED) is 0.192. The first-order chi connectivity index (χ1) is 22.8. The molecule has 10 nitrogen and oxygen atoms in total. The van der Waals surface area contributed by atoms with Crippen molar-refractivity contribution in [2.75, 3.05) is 25.1 Å². The van der Waals surface area contributed by atoms with E-state index in [1.54, 1.807) is 30.9 Å². The lowest BCUT2D eigenvalue weighted by atomic mass is 9.96. The number of aliphatic hydroxyl groups excluding tert-OH is 1. The molecule has 11 heteroatoms. The number of piperidine rings is 1. The number of imidazole rings is 1. The van der Waals surface area contributed by atoms with Gasteiger partial charge in [-0.1, -0.05) is 26.0 Å². The smallest absolute Gasteiger partial charge is 0.226 e. The van der Waals surface area contributed by atoms with Gasteiger partial charge in [-0.25, -0.2) is 9.37 Å². The Kier molecular flexibility index (Phi) is 8.59. The second-order valence-electron chi connectivity index (χ2n) is 12.6. The number of pyridine rings is 2. The van der Waals surface area contributed by atoms with Gasteiger partial charge >= 0.3 is 0 Å². The molecular formula is C36H37FN8O2. The molecule has 0 bridgehead atoms. The molecule has 0 spiro atoms. The number of anilines is 1. The van der Waals surface area contributed by atoms with Crippen LogP contribution >= 0.6 is 0 Å². The lowest BCUT2D eigenvalue weighted by Crippen LogP contribution is -2.35. The lowest BCUT2D eigenvalue weighted by Gasteiger charge is -2.29. The Balaban J connectivity index is 1.23. The Morgan fingerprint density at radius 2 is 1.83 bits per heavy atom. The third-order valence-electron chi connectivity index (χ3n) is 8.74. The molecule has 1 fully saturated rings. The van der Waals surface area contributed by atoms with Crippen LogP contribution in [0.2, 0.25) is 0 Å². The molecule has 240 valence electrons.